The second-order valence-electron chi connectivity index (χ2n) is 5.15. The Bertz CT molecular complexity index is 563. The Hall–Kier alpha value is -1.50. The highest BCUT2D eigenvalue weighted by atomic mass is 79.9. The van der Waals surface area contributed by atoms with E-state index in [1.54, 1.807) is 0 Å². The van der Waals surface area contributed by atoms with Gasteiger partial charge in [0, 0.05) is 4.47 Å². The number of rotatable bonds is 3. The fourth-order valence-electron chi connectivity index (χ4n) is 2.59. The summed E-state index contributed by atoms with van der Waals surface area (Å²) in [6.07, 6.45) is 2.70. The van der Waals surface area contributed by atoms with Gasteiger partial charge in [-0.25, -0.2) is 13.6 Å². The average molecular weight is 362 g/mol. The molecule has 1 aliphatic carbocycles. The molecule has 0 spiro atoms. The van der Waals surface area contributed by atoms with E-state index in [1.165, 1.54) is 0 Å². The molecule has 0 atom stereocenters. The third kappa shape index (κ3) is 3.23. The first-order valence-electron chi connectivity index (χ1n) is 6.56. The van der Waals surface area contributed by atoms with Crippen LogP contribution in [0.2, 0.25) is 0 Å². The van der Waals surface area contributed by atoms with Crippen molar-refractivity contribution in [3.8, 4) is 0 Å². The van der Waals surface area contributed by atoms with Crippen molar-refractivity contribution >= 4 is 27.8 Å². The summed E-state index contributed by atoms with van der Waals surface area (Å²) in [6, 6.07) is 1.93. The smallest absolute Gasteiger partial charge is 0.329 e. The number of benzene rings is 1. The van der Waals surface area contributed by atoms with Crippen LogP contribution in [-0.4, -0.2) is 22.5 Å². The van der Waals surface area contributed by atoms with Crippen LogP contribution < -0.4 is 5.32 Å². The number of halogens is 3. The van der Waals surface area contributed by atoms with Gasteiger partial charge in [-0.3, -0.25) is 4.79 Å². The van der Waals surface area contributed by atoms with Crippen LogP contribution in [0.1, 0.15) is 42.5 Å². The number of carboxylic acid groups (broad SMARTS) is 1. The van der Waals surface area contributed by atoms with Crippen molar-refractivity contribution in [3.05, 3.63) is 33.8 Å². The molecule has 0 saturated heterocycles. The van der Waals surface area contributed by atoms with Gasteiger partial charge in [0.25, 0.3) is 5.91 Å². The van der Waals surface area contributed by atoms with E-state index >= 15 is 0 Å². The Labute approximate surface area is 128 Å². The number of nitrogens with one attached hydrogen (secondary N) is 1. The van der Waals surface area contributed by atoms with E-state index in [4.69, 9.17) is 0 Å². The molecule has 1 fully saturated rings. The fourth-order valence-corrected chi connectivity index (χ4v) is 2.99. The van der Waals surface area contributed by atoms with Crippen molar-refractivity contribution in [1.82, 2.24) is 5.32 Å². The van der Waals surface area contributed by atoms with Crippen LogP contribution in [0.3, 0.4) is 0 Å². The number of carbonyl (C=O) groups is 2. The standard InChI is InChI=1S/C14H14BrF2NO3/c15-8-6-9(16)11(10(17)7-8)12(19)18-14(13(20)21)4-2-1-3-5-14/h6-7H,1-5H2,(H,18,19)(H,20,21). The lowest BCUT2D eigenvalue weighted by Gasteiger charge is -2.34. The van der Waals surface area contributed by atoms with E-state index in [0.29, 0.717) is 12.8 Å². The van der Waals surface area contributed by atoms with Gasteiger partial charge in [0.2, 0.25) is 0 Å². The molecule has 0 heterocycles. The minimum Gasteiger partial charge on any atom is -0.480 e. The molecule has 7 heteroatoms. The fraction of sp³-hybridized carbons (Fsp3) is 0.429. The lowest BCUT2D eigenvalue weighted by atomic mass is 9.81. The first kappa shape index (κ1) is 15.9. The van der Waals surface area contributed by atoms with Crippen LogP contribution in [0.15, 0.2) is 16.6 Å². The molecule has 4 nitrogen and oxygen atoms in total. The van der Waals surface area contributed by atoms with Crippen LogP contribution in [0.5, 0.6) is 0 Å². The molecule has 1 saturated carbocycles. The largest absolute Gasteiger partial charge is 0.480 e. The van der Waals surface area contributed by atoms with Gasteiger partial charge in [0.15, 0.2) is 0 Å². The predicted molar refractivity (Wildman–Crippen MR) is 75.0 cm³/mol. The highest BCUT2D eigenvalue weighted by Gasteiger charge is 2.41. The molecule has 0 radical (unpaired) electrons. The topological polar surface area (TPSA) is 66.4 Å². The monoisotopic (exact) mass is 361 g/mol. The number of aliphatic carboxylic acids is 1. The molecule has 0 aliphatic heterocycles. The van der Waals surface area contributed by atoms with Crippen molar-refractivity contribution in [2.24, 2.45) is 0 Å². The van der Waals surface area contributed by atoms with E-state index in [2.05, 4.69) is 21.2 Å². The molecule has 114 valence electrons. The quantitative estimate of drug-likeness (QED) is 0.868. The Morgan fingerprint density at radius 2 is 1.67 bits per heavy atom. The summed E-state index contributed by atoms with van der Waals surface area (Å²) in [6.45, 7) is 0. The zero-order chi connectivity index (χ0) is 15.6. The second-order valence-corrected chi connectivity index (χ2v) is 6.06. The van der Waals surface area contributed by atoms with Crippen LogP contribution in [0.25, 0.3) is 0 Å². The van der Waals surface area contributed by atoms with E-state index in [0.717, 1.165) is 18.6 Å². The maximum absolute atomic E-state index is 13.8. The molecule has 2 rings (SSSR count). The lowest BCUT2D eigenvalue weighted by Crippen LogP contribution is -2.55. The zero-order valence-electron chi connectivity index (χ0n) is 11.1. The highest BCUT2D eigenvalue weighted by molar-refractivity contribution is 9.10. The lowest BCUT2D eigenvalue weighted by molar-refractivity contribution is -0.145. The van der Waals surface area contributed by atoms with Gasteiger partial charge in [-0.2, -0.15) is 0 Å². The van der Waals surface area contributed by atoms with Crippen molar-refractivity contribution in [3.63, 3.8) is 0 Å². The summed E-state index contributed by atoms with van der Waals surface area (Å²) in [5, 5.41) is 11.7. The number of hydrogen-bond donors (Lipinski definition) is 2. The molecular formula is C14H14BrF2NO3. The van der Waals surface area contributed by atoms with Gasteiger partial charge >= 0.3 is 5.97 Å². The molecule has 0 unspecified atom stereocenters. The maximum atomic E-state index is 13.8. The van der Waals surface area contributed by atoms with E-state index in [1.807, 2.05) is 0 Å². The van der Waals surface area contributed by atoms with Crippen molar-refractivity contribution in [2.45, 2.75) is 37.6 Å². The highest BCUT2D eigenvalue weighted by Crippen LogP contribution is 2.29. The number of amides is 1. The third-order valence-electron chi connectivity index (χ3n) is 3.70. The van der Waals surface area contributed by atoms with E-state index in [9.17, 15) is 23.5 Å². The molecule has 1 aromatic carbocycles. The summed E-state index contributed by atoms with van der Waals surface area (Å²) < 4.78 is 27.7. The Balaban J connectivity index is 2.30. The summed E-state index contributed by atoms with van der Waals surface area (Å²) in [4.78, 5) is 23.6. The SMILES string of the molecule is O=C(NC1(C(=O)O)CCCCC1)c1c(F)cc(Br)cc1F. The van der Waals surface area contributed by atoms with Crippen LogP contribution in [-0.2, 0) is 4.79 Å². The van der Waals surface area contributed by atoms with Crippen LogP contribution in [0.4, 0.5) is 8.78 Å². The Kier molecular flexibility index (Phi) is 4.61. The summed E-state index contributed by atoms with van der Waals surface area (Å²) in [5.74, 6) is -4.28. The van der Waals surface area contributed by atoms with Gasteiger partial charge in [-0.05, 0) is 25.0 Å². The van der Waals surface area contributed by atoms with E-state index in [-0.39, 0.29) is 17.3 Å². The molecule has 21 heavy (non-hydrogen) atoms. The third-order valence-corrected chi connectivity index (χ3v) is 4.16. The van der Waals surface area contributed by atoms with Crippen LogP contribution in [0, 0.1) is 11.6 Å². The molecule has 1 aromatic rings. The van der Waals surface area contributed by atoms with Gasteiger partial charge in [0.05, 0.1) is 0 Å². The summed E-state index contributed by atoms with van der Waals surface area (Å²) in [7, 11) is 0. The van der Waals surface area contributed by atoms with Gasteiger partial charge in [-0.1, -0.05) is 35.2 Å². The molecular weight excluding hydrogens is 348 g/mol. The second kappa shape index (κ2) is 6.09. The van der Waals surface area contributed by atoms with E-state index < -0.39 is 34.6 Å². The predicted octanol–water partition coefficient (Wildman–Crippen LogP) is 3.24. The summed E-state index contributed by atoms with van der Waals surface area (Å²) in [5.41, 5.74) is -2.20. The molecule has 2 N–H and O–H groups in total. The Morgan fingerprint density at radius 1 is 1.14 bits per heavy atom. The number of carboxylic acids is 1. The average Bonchev–Trinajstić information content (AvgIpc) is 2.38. The number of hydrogen-bond acceptors (Lipinski definition) is 2. The van der Waals surface area contributed by atoms with Crippen molar-refractivity contribution in [1.29, 1.82) is 0 Å². The summed E-state index contributed by atoms with van der Waals surface area (Å²) >= 11 is 2.92. The van der Waals surface area contributed by atoms with Crippen molar-refractivity contribution < 1.29 is 23.5 Å². The first-order valence-corrected chi connectivity index (χ1v) is 7.35. The minimum atomic E-state index is -1.44. The molecule has 1 amide bonds. The molecule has 0 bridgehead atoms. The minimum absolute atomic E-state index is 0.166. The zero-order valence-corrected chi connectivity index (χ0v) is 12.7. The van der Waals surface area contributed by atoms with Crippen molar-refractivity contribution in [2.75, 3.05) is 0 Å². The van der Waals surface area contributed by atoms with Gasteiger partial charge in [0.1, 0.15) is 22.7 Å². The molecule has 0 aromatic heterocycles. The van der Waals surface area contributed by atoms with Gasteiger partial charge in [-0.15, -0.1) is 0 Å². The maximum Gasteiger partial charge on any atom is 0.329 e. The van der Waals surface area contributed by atoms with Gasteiger partial charge < -0.3 is 10.4 Å². The number of carbonyl (C=O) groups excluding carboxylic acids is 1. The first-order chi connectivity index (χ1) is 9.85. The van der Waals surface area contributed by atoms with Crippen LogP contribution >= 0.6 is 15.9 Å². The normalized spacial score (nSPS) is 17.3. The molecule has 1 aliphatic rings. The Morgan fingerprint density at radius 3 is 2.14 bits per heavy atom.